The van der Waals surface area contributed by atoms with E-state index in [4.69, 9.17) is 16.6 Å². The average Bonchev–Trinajstić information content (AvgIpc) is 3.19. The highest BCUT2D eigenvalue weighted by atomic mass is 35.5. The Morgan fingerprint density at radius 1 is 0.971 bits per heavy atom. The number of hydrogen-bond donors (Lipinski definition) is 1. The van der Waals surface area contributed by atoms with E-state index in [1.807, 2.05) is 77.9 Å². The molecule has 0 bridgehead atoms. The van der Waals surface area contributed by atoms with Crippen LogP contribution in [-0.2, 0) is 24.4 Å². The van der Waals surface area contributed by atoms with Crippen LogP contribution < -0.4 is 5.32 Å². The van der Waals surface area contributed by atoms with Crippen LogP contribution >= 0.6 is 11.6 Å². The number of fused-ring (bicyclic) bond motifs is 1. The second-order valence-electron chi connectivity index (χ2n) is 8.39. The minimum atomic E-state index is -0.227. The van der Waals surface area contributed by atoms with Crippen molar-refractivity contribution >= 4 is 34.4 Å². The summed E-state index contributed by atoms with van der Waals surface area (Å²) in [6, 6.07) is 24.4. The molecular weight excluding hydrogens is 448 g/mol. The summed E-state index contributed by atoms with van der Waals surface area (Å²) >= 11 is 5.92. The van der Waals surface area contributed by atoms with Crippen molar-refractivity contribution in [2.24, 2.45) is 0 Å². The van der Waals surface area contributed by atoms with E-state index in [1.54, 1.807) is 24.3 Å². The number of imidazole rings is 1. The molecule has 2 amide bonds. The minimum Gasteiger partial charge on any atom is -0.345 e. The highest BCUT2D eigenvalue weighted by molar-refractivity contribution is 6.30. The van der Waals surface area contributed by atoms with Crippen molar-refractivity contribution in [1.29, 1.82) is 0 Å². The molecule has 4 rings (SSSR count). The number of benzene rings is 3. The third kappa shape index (κ3) is 5.46. The molecule has 0 atom stereocenters. The van der Waals surface area contributed by atoms with Gasteiger partial charge in [-0.2, -0.15) is 0 Å². The number of aromatic nitrogens is 2. The zero-order valence-corrected chi connectivity index (χ0v) is 20.0. The summed E-state index contributed by atoms with van der Waals surface area (Å²) < 4.78 is 1.89. The second-order valence-corrected chi connectivity index (χ2v) is 8.83. The summed E-state index contributed by atoms with van der Waals surface area (Å²) in [5, 5.41) is 3.48. The lowest BCUT2D eigenvalue weighted by Crippen LogP contribution is -2.39. The van der Waals surface area contributed by atoms with Gasteiger partial charge in [-0.05, 0) is 55.8 Å². The van der Waals surface area contributed by atoms with Crippen molar-refractivity contribution < 1.29 is 9.59 Å². The lowest BCUT2D eigenvalue weighted by atomic mass is 10.2. The van der Waals surface area contributed by atoms with Crippen molar-refractivity contribution in [3.8, 4) is 0 Å². The van der Waals surface area contributed by atoms with Crippen LogP contribution in [0.3, 0.4) is 0 Å². The smallest absolute Gasteiger partial charge is 0.251 e. The molecule has 0 radical (unpaired) electrons. The molecular formula is C27H27ClN4O2. The van der Waals surface area contributed by atoms with Crippen molar-refractivity contribution in [2.75, 3.05) is 0 Å². The number of nitrogens with zero attached hydrogens (tertiary/aromatic N) is 3. The molecule has 6 nitrogen and oxygen atoms in total. The maximum absolute atomic E-state index is 13.4. The molecule has 0 saturated carbocycles. The number of para-hydroxylation sites is 2. The van der Waals surface area contributed by atoms with Gasteiger partial charge < -0.3 is 14.8 Å². The highest BCUT2D eigenvalue weighted by Crippen LogP contribution is 2.18. The van der Waals surface area contributed by atoms with Crippen LogP contribution in [-0.4, -0.2) is 32.3 Å². The van der Waals surface area contributed by atoms with Gasteiger partial charge in [0.1, 0.15) is 12.4 Å². The minimum absolute atomic E-state index is 0.00714. The number of rotatable bonds is 8. The molecule has 3 aromatic carbocycles. The molecule has 1 aromatic heterocycles. The quantitative estimate of drug-likeness (QED) is 0.388. The Morgan fingerprint density at radius 2 is 1.65 bits per heavy atom. The van der Waals surface area contributed by atoms with Crippen LogP contribution in [0.2, 0.25) is 5.02 Å². The monoisotopic (exact) mass is 474 g/mol. The third-order valence-electron chi connectivity index (χ3n) is 5.68. The van der Waals surface area contributed by atoms with Gasteiger partial charge in [0.2, 0.25) is 5.91 Å². The van der Waals surface area contributed by atoms with Crippen molar-refractivity contribution in [1.82, 2.24) is 19.8 Å². The van der Waals surface area contributed by atoms with Crippen LogP contribution in [0.25, 0.3) is 11.0 Å². The molecule has 0 spiro atoms. The predicted molar refractivity (Wildman–Crippen MR) is 134 cm³/mol. The van der Waals surface area contributed by atoms with E-state index in [9.17, 15) is 9.59 Å². The summed E-state index contributed by atoms with van der Waals surface area (Å²) in [6.45, 7) is 4.90. The van der Waals surface area contributed by atoms with Gasteiger partial charge in [-0.15, -0.1) is 0 Å². The third-order valence-corrected chi connectivity index (χ3v) is 5.93. The number of halogens is 1. The zero-order chi connectivity index (χ0) is 24.1. The fourth-order valence-electron chi connectivity index (χ4n) is 3.86. The number of carbonyl (C=O) groups excluding carboxylic acids is 2. The molecule has 0 aliphatic rings. The predicted octanol–water partition coefficient (Wildman–Crippen LogP) is 5.06. The Hall–Kier alpha value is -3.64. The van der Waals surface area contributed by atoms with E-state index in [-0.39, 0.29) is 30.9 Å². The zero-order valence-electron chi connectivity index (χ0n) is 19.2. The summed E-state index contributed by atoms with van der Waals surface area (Å²) in [5.41, 5.74) is 3.23. The first-order valence-corrected chi connectivity index (χ1v) is 11.6. The molecule has 0 unspecified atom stereocenters. The first-order valence-electron chi connectivity index (χ1n) is 11.2. The fraction of sp³-hybridized carbons (Fsp3) is 0.222. The topological polar surface area (TPSA) is 67.2 Å². The molecule has 1 N–H and O–H groups in total. The van der Waals surface area contributed by atoms with E-state index < -0.39 is 0 Å². The van der Waals surface area contributed by atoms with Gasteiger partial charge in [0, 0.05) is 23.2 Å². The van der Waals surface area contributed by atoms with Crippen LogP contribution in [0, 0.1) is 0 Å². The number of nitrogens with one attached hydrogen (secondary N) is 1. The number of amides is 2. The summed E-state index contributed by atoms with van der Waals surface area (Å²) in [4.78, 5) is 32.6. The molecule has 4 aromatic rings. The Kier molecular flexibility index (Phi) is 7.28. The Balaban J connectivity index is 1.56. The Bertz CT molecular complexity index is 1280. The first kappa shape index (κ1) is 23.5. The van der Waals surface area contributed by atoms with Crippen LogP contribution in [0.1, 0.15) is 35.6 Å². The standard InChI is InChI=1S/C27H27ClN4O2/c1-19(2)31(17-20-8-4-3-5-9-20)26(33)18-32-24-11-7-6-10-23(24)30-25(32)16-29-27(34)21-12-14-22(28)15-13-21/h3-15,19H,16-18H2,1-2H3,(H,29,34). The van der Waals surface area contributed by atoms with Gasteiger partial charge in [0.15, 0.2) is 0 Å². The van der Waals surface area contributed by atoms with Crippen LogP contribution in [0.5, 0.6) is 0 Å². The molecule has 0 fully saturated rings. The van der Waals surface area contributed by atoms with Crippen molar-refractivity contribution in [3.05, 3.63) is 101 Å². The highest BCUT2D eigenvalue weighted by Gasteiger charge is 2.21. The molecule has 1 heterocycles. The van der Waals surface area contributed by atoms with Gasteiger partial charge in [-0.1, -0.05) is 54.1 Å². The second kappa shape index (κ2) is 10.5. The molecule has 0 aliphatic heterocycles. The van der Waals surface area contributed by atoms with E-state index >= 15 is 0 Å². The molecule has 0 aliphatic carbocycles. The SMILES string of the molecule is CC(C)N(Cc1ccccc1)C(=O)Cn1c(CNC(=O)c2ccc(Cl)cc2)nc2ccccc21. The molecule has 34 heavy (non-hydrogen) atoms. The van der Waals surface area contributed by atoms with Gasteiger partial charge >= 0.3 is 0 Å². The number of carbonyl (C=O) groups is 2. The lowest BCUT2D eigenvalue weighted by Gasteiger charge is -2.27. The van der Waals surface area contributed by atoms with E-state index in [2.05, 4.69) is 5.32 Å². The van der Waals surface area contributed by atoms with Crippen LogP contribution in [0.4, 0.5) is 0 Å². The Morgan fingerprint density at radius 3 is 2.35 bits per heavy atom. The van der Waals surface area contributed by atoms with Crippen molar-refractivity contribution in [2.45, 2.75) is 39.5 Å². The van der Waals surface area contributed by atoms with E-state index in [0.29, 0.717) is 23.0 Å². The molecule has 7 heteroatoms. The fourth-order valence-corrected chi connectivity index (χ4v) is 3.99. The van der Waals surface area contributed by atoms with E-state index in [1.165, 1.54) is 0 Å². The maximum atomic E-state index is 13.4. The van der Waals surface area contributed by atoms with E-state index in [0.717, 1.165) is 16.6 Å². The van der Waals surface area contributed by atoms with Gasteiger partial charge in [-0.25, -0.2) is 4.98 Å². The van der Waals surface area contributed by atoms with Crippen molar-refractivity contribution in [3.63, 3.8) is 0 Å². The summed E-state index contributed by atoms with van der Waals surface area (Å²) in [5.74, 6) is 0.391. The Labute approximate surface area is 204 Å². The number of hydrogen-bond acceptors (Lipinski definition) is 3. The first-order chi connectivity index (χ1) is 16.4. The lowest BCUT2D eigenvalue weighted by molar-refractivity contribution is -0.134. The van der Waals surface area contributed by atoms with Crippen LogP contribution in [0.15, 0.2) is 78.9 Å². The van der Waals surface area contributed by atoms with Gasteiger partial charge in [0.25, 0.3) is 5.91 Å². The van der Waals surface area contributed by atoms with Gasteiger partial charge in [0.05, 0.1) is 17.6 Å². The summed E-state index contributed by atoms with van der Waals surface area (Å²) in [7, 11) is 0. The molecule has 0 saturated heterocycles. The average molecular weight is 475 g/mol. The largest absolute Gasteiger partial charge is 0.345 e. The normalized spacial score (nSPS) is 11.1. The maximum Gasteiger partial charge on any atom is 0.251 e. The molecule has 174 valence electrons. The summed E-state index contributed by atoms with van der Waals surface area (Å²) in [6.07, 6.45) is 0. The van der Waals surface area contributed by atoms with Gasteiger partial charge in [-0.3, -0.25) is 9.59 Å².